The first-order valence-corrected chi connectivity index (χ1v) is 5.48. The zero-order valence-electron chi connectivity index (χ0n) is 9.58. The van der Waals surface area contributed by atoms with E-state index in [0.717, 1.165) is 12.5 Å². The third-order valence-corrected chi connectivity index (χ3v) is 2.71. The van der Waals surface area contributed by atoms with Crippen molar-refractivity contribution in [3.8, 4) is 0 Å². The van der Waals surface area contributed by atoms with Crippen LogP contribution in [0.2, 0.25) is 0 Å². The lowest BCUT2D eigenvalue weighted by atomic mass is 10.3. The fourth-order valence-electron chi connectivity index (χ4n) is 1.51. The molecule has 18 heavy (non-hydrogen) atoms. The zero-order valence-corrected chi connectivity index (χ0v) is 9.58. The van der Waals surface area contributed by atoms with E-state index in [1.165, 1.54) is 12.1 Å². The molecule has 1 saturated carbocycles. The van der Waals surface area contributed by atoms with Gasteiger partial charge in [0, 0.05) is 6.04 Å². The van der Waals surface area contributed by atoms with Gasteiger partial charge in [0.15, 0.2) is 0 Å². The van der Waals surface area contributed by atoms with Crippen molar-refractivity contribution in [2.45, 2.75) is 25.6 Å². The quantitative estimate of drug-likeness (QED) is 0.857. The fraction of sp³-hybridized carbons (Fsp3) is 0.455. The monoisotopic (exact) mass is 259 g/mol. The van der Waals surface area contributed by atoms with E-state index in [2.05, 4.69) is 15.6 Å². The average Bonchev–Trinajstić information content (AvgIpc) is 2.93. The second-order valence-electron chi connectivity index (χ2n) is 4.32. The highest BCUT2D eigenvalue weighted by Gasteiger charge is 2.34. The first-order valence-electron chi connectivity index (χ1n) is 5.48. The number of amides is 2. The maximum Gasteiger partial charge on any atom is 0.433 e. The number of urea groups is 1. The van der Waals surface area contributed by atoms with Crippen LogP contribution in [0.25, 0.3) is 0 Å². The molecule has 0 saturated heterocycles. The second kappa shape index (κ2) is 4.47. The van der Waals surface area contributed by atoms with Gasteiger partial charge < -0.3 is 5.32 Å². The highest BCUT2D eigenvalue weighted by atomic mass is 19.4. The summed E-state index contributed by atoms with van der Waals surface area (Å²) in [4.78, 5) is 14.8. The lowest BCUT2D eigenvalue weighted by molar-refractivity contribution is -0.141. The molecule has 0 spiro atoms. The summed E-state index contributed by atoms with van der Waals surface area (Å²) in [6, 6.07) is 2.94. The molecule has 2 N–H and O–H groups in total. The third-order valence-electron chi connectivity index (χ3n) is 2.71. The highest BCUT2D eigenvalue weighted by molar-refractivity contribution is 5.88. The number of hydrogen-bond donors (Lipinski definition) is 2. The molecule has 1 aliphatic carbocycles. The Labute approximate surface area is 102 Å². The summed E-state index contributed by atoms with van der Waals surface area (Å²) in [7, 11) is 0. The van der Waals surface area contributed by atoms with Gasteiger partial charge >= 0.3 is 12.2 Å². The van der Waals surface area contributed by atoms with E-state index in [1.807, 2.05) is 6.92 Å². The van der Waals surface area contributed by atoms with Gasteiger partial charge in [0.2, 0.25) is 0 Å². The molecule has 1 heterocycles. The molecule has 1 aromatic rings. The van der Waals surface area contributed by atoms with Crippen molar-refractivity contribution in [1.82, 2.24) is 10.3 Å². The summed E-state index contributed by atoms with van der Waals surface area (Å²) in [5.41, 5.74) is -1.03. The molecule has 7 heteroatoms. The number of alkyl halides is 3. The molecule has 0 aromatic carbocycles. The number of nitrogens with one attached hydrogen (secondary N) is 2. The molecule has 2 atom stereocenters. The molecule has 2 amide bonds. The average molecular weight is 259 g/mol. The first-order chi connectivity index (χ1) is 8.36. The maximum absolute atomic E-state index is 12.4. The van der Waals surface area contributed by atoms with E-state index in [-0.39, 0.29) is 11.9 Å². The van der Waals surface area contributed by atoms with Crippen molar-refractivity contribution in [2.24, 2.45) is 5.92 Å². The summed E-state index contributed by atoms with van der Waals surface area (Å²) in [5.74, 6) is 0.306. The zero-order chi connectivity index (χ0) is 13.3. The molecule has 0 aliphatic heterocycles. The molecule has 2 rings (SSSR count). The van der Waals surface area contributed by atoms with E-state index in [0.29, 0.717) is 5.92 Å². The summed E-state index contributed by atoms with van der Waals surface area (Å²) in [6.07, 6.45) is -3.62. The molecular formula is C11H12F3N3O. The van der Waals surface area contributed by atoms with Gasteiger partial charge in [-0.1, -0.05) is 13.0 Å². The van der Waals surface area contributed by atoms with Crippen LogP contribution in [0.5, 0.6) is 0 Å². The summed E-state index contributed by atoms with van der Waals surface area (Å²) in [6.45, 7) is 1.98. The van der Waals surface area contributed by atoms with Crippen molar-refractivity contribution in [1.29, 1.82) is 0 Å². The van der Waals surface area contributed by atoms with Gasteiger partial charge in [-0.3, -0.25) is 5.32 Å². The Morgan fingerprint density at radius 3 is 2.67 bits per heavy atom. The minimum atomic E-state index is -4.51. The largest absolute Gasteiger partial charge is 0.433 e. The number of rotatable bonds is 2. The lowest BCUT2D eigenvalue weighted by Crippen LogP contribution is -2.31. The summed E-state index contributed by atoms with van der Waals surface area (Å²) < 4.78 is 37.2. The van der Waals surface area contributed by atoms with Crippen molar-refractivity contribution >= 4 is 11.8 Å². The Balaban J connectivity index is 1.98. The third kappa shape index (κ3) is 3.12. The van der Waals surface area contributed by atoms with E-state index < -0.39 is 17.9 Å². The van der Waals surface area contributed by atoms with Crippen LogP contribution in [0.1, 0.15) is 19.0 Å². The van der Waals surface area contributed by atoms with Gasteiger partial charge in [-0.2, -0.15) is 13.2 Å². The predicted molar refractivity (Wildman–Crippen MR) is 59.0 cm³/mol. The number of hydrogen-bond acceptors (Lipinski definition) is 2. The smallest absolute Gasteiger partial charge is 0.335 e. The number of anilines is 1. The molecule has 1 aromatic heterocycles. The van der Waals surface area contributed by atoms with Crippen LogP contribution in [0, 0.1) is 5.92 Å². The van der Waals surface area contributed by atoms with E-state index in [4.69, 9.17) is 0 Å². The Morgan fingerprint density at radius 2 is 2.11 bits per heavy atom. The predicted octanol–water partition coefficient (Wildman–Crippen LogP) is 2.63. The van der Waals surface area contributed by atoms with Crippen LogP contribution in [0.15, 0.2) is 18.2 Å². The number of halogens is 3. The Bertz CT molecular complexity index is 461. The van der Waals surface area contributed by atoms with Gasteiger partial charge in [-0.05, 0) is 24.5 Å². The molecule has 0 radical (unpaired) electrons. The van der Waals surface area contributed by atoms with E-state index >= 15 is 0 Å². The van der Waals surface area contributed by atoms with Crippen LogP contribution >= 0.6 is 0 Å². The van der Waals surface area contributed by atoms with Crippen molar-refractivity contribution < 1.29 is 18.0 Å². The van der Waals surface area contributed by atoms with Crippen molar-refractivity contribution in [3.63, 3.8) is 0 Å². The SMILES string of the molecule is C[C@H]1C[C@@H]1NC(=O)Nc1cccc(C(F)(F)F)n1. The minimum absolute atomic E-state index is 0.107. The molecule has 0 bridgehead atoms. The Hall–Kier alpha value is -1.79. The highest BCUT2D eigenvalue weighted by Crippen LogP contribution is 2.29. The maximum atomic E-state index is 12.4. The molecular weight excluding hydrogens is 247 g/mol. The van der Waals surface area contributed by atoms with Crippen LogP contribution in [-0.2, 0) is 6.18 Å². The van der Waals surface area contributed by atoms with Crippen LogP contribution in [0.4, 0.5) is 23.8 Å². The summed E-state index contributed by atoms with van der Waals surface area (Å²) in [5, 5.41) is 4.92. The van der Waals surface area contributed by atoms with Gasteiger partial charge in [0.05, 0.1) is 0 Å². The number of aromatic nitrogens is 1. The van der Waals surface area contributed by atoms with Crippen LogP contribution < -0.4 is 10.6 Å². The minimum Gasteiger partial charge on any atom is -0.335 e. The van der Waals surface area contributed by atoms with Gasteiger partial charge in [0.25, 0.3) is 0 Å². The number of nitrogens with zero attached hydrogens (tertiary/aromatic N) is 1. The molecule has 1 aliphatic rings. The molecule has 98 valence electrons. The van der Waals surface area contributed by atoms with Crippen LogP contribution in [0.3, 0.4) is 0 Å². The Kier molecular flexibility index (Phi) is 3.14. The normalized spacial score (nSPS) is 22.4. The van der Waals surface area contributed by atoms with Gasteiger partial charge in [0.1, 0.15) is 11.5 Å². The Morgan fingerprint density at radius 1 is 1.44 bits per heavy atom. The standard InChI is InChI=1S/C11H12F3N3O/c1-6-5-7(6)15-10(18)17-9-4-2-3-8(16-9)11(12,13)14/h2-4,6-7H,5H2,1H3,(H2,15,16,17,18)/t6-,7-/m0/s1. The van der Waals surface area contributed by atoms with E-state index in [9.17, 15) is 18.0 Å². The fourth-order valence-corrected chi connectivity index (χ4v) is 1.51. The molecule has 4 nitrogen and oxygen atoms in total. The van der Waals surface area contributed by atoms with Gasteiger partial charge in [-0.25, -0.2) is 9.78 Å². The van der Waals surface area contributed by atoms with Crippen molar-refractivity contribution in [3.05, 3.63) is 23.9 Å². The molecule has 0 unspecified atom stereocenters. The van der Waals surface area contributed by atoms with Gasteiger partial charge in [-0.15, -0.1) is 0 Å². The number of carbonyl (C=O) groups excluding carboxylic acids is 1. The first kappa shape index (κ1) is 12.7. The number of carbonyl (C=O) groups is 1. The van der Waals surface area contributed by atoms with Crippen molar-refractivity contribution in [2.75, 3.05) is 5.32 Å². The topological polar surface area (TPSA) is 54.0 Å². The van der Waals surface area contributed by atoms with Crippen LogP contribution in [-0.4, -0.2) is 17.1 Å². The second-order valence-corrected chi connectivity index (χ2v) is 4.32. The molecule has 1 fully saturated rings. The summed E-state index contributed by atoms with van der Waals surface area (Å²) >= 11 is 0. The number of pyridine rings is 1. The lowest BCUT2D eigenvalue weighted by Gasteiger charge is -2.09. The van der Waals surface area contributed by atoms with E-state index in [1.54, 1.807) is 0 Å².